The van der Waals surface area contributed by atoms with Crippen LogP contribution in [0.3, 0.4) is 0 Å². The Morgan fingerprint density at radius 1 is 0.941 bits per heavy atom. The fourth-order valence-corrected chi connectivity index (χ4v) is 4.47. The van der Waals surface area contributed by atoms with Gasteiger partial charge in [0.15, 0.2) is 0 Å². The Balaban J connectivity index is 1.40. The minimum absolute atomic E-state index is 0.140. The van der Waals surface area contributed by atoms with Crippen LogP contribution in [0.2, 0.25) is 0 Å². The summed E-state index contributed by atoms with van der Waals surface area (Å²) >= 11 is 0. The van der Waals surface area contributed by atoms with Crippen molar-refractivity contribution in [3.8, 4) is 6.07 Å². The molecule has 4 rings (SSSR count). The Kier molecular flexibility index (Phi) is 7.75. The number of carbonyl (C=O) groups excluding carboxylic acids is 1. The lowest BCUT2D eigenvalue weighted by molar-refractivity contribution is -0.128. The van der Waals surface area contributed by atoms with Gasteiger partial charge in [0.05, 0.1) is 6.04 Å². The predicted octanol–water partition coefficient (Wildman–Crippen LogP) is 4.43. The SMILES string of the molecule is Cc1cccc(CN/C=C(/C#N)C(=O)N2CCN(C(c3ccccc3)c3ccccc3)CC2)c1. The number of piperazine rings is 1. The van der Waals surface area contributed by atoms with Gasteiger partial charge in [-0.1, -0.05) is 90.5 Å². The van der Waals surface area contributed by atoms with E-state index in [9.17, 15) is 10.1 Å². The molecule has 34 heavy (non-hydrogen) atoms. The van der Waals surface area contributed by atoms with Crippen LogP contribution in [0.25, 0.3) is 0 Å². The second kappa shape index (κ2) is 11.3. The first-order valence-corrected chi connectivity index (χ1v) is 11.7. The molecule has 1 heterocycles. The van der Waals surface area contributed by atoms with E-state index in [1.807, 2.05) is 37.3 Å². The van der Waals surface area contributed by atoms with Gasteiger partial charge in [0.25, 0.3) is 5.91 Å². The Hall–Kier alpha value is -3.88. The molecule has 0 atom stereocenters. The molecule has 5 heteroatoms. The summed E-state index contributed by atoms with van der Waals surface area (Å²) in [5, 5.41) is 12.7. The minimum Gasteiger partial charge on any atom is -0.386 e. The van der Waals surface area contributed by atoms with Crippen LogP contribution in [0.1, 0.15) is 28.3 Å². The normalized spacial score (nSPS) is 14.6. The van der Waals surface area contributed by atoms with Gasteiger partial charge in [-0.2, -0.15) is 5.26 Å². The van der Waals surface area contributed by atoms with Gasteiger partial charge < -0.3 is 10.2 Å². The van der Waals surface area contributed by atoms with E-state index in [1.54, 1.807) is 11.1 Å². The summed E-state index contributed by atoms with van der Waals surface area (Å²) in [6.07, 6.45) is 1.55. The number of nitriles is 1. The molecule has 1 saturated heterocycles. The van der Waals surface area contributed by atoms with Crippen LogP contribution in [0.4, 0.5) is 0 Å². The topological polar surface area (TPSA) is 59.4 Å². The van der Waals surface area contributed by atoms with Crippen molar-refractivity contribution in [1.82, 2.24) is 15.1 Å². The summed E-state index contributed by atoms with van der Waals surface area (Å²) in [5.41, 5.74) is 4.92. The number of nitrogens with one attached hydrogen (secondary N) is 1. The van der Waals surface area contributed by atoms with Gasteiger partial charge in [-0.05, 0) is 23.6 Å². The molecule has 0 aliphatic carbocycles. The summed E-state index contributed by atoms with van der Waals surface area (Å²) in [4.78, 5) is 17.2. The molecule has 172 valence electrons. The van der Waals surface area contributed by atoms with Crippen LogP contribution in [0.15, 0.2) is 96.7 Å². The van der Waals surface area contributed by atoms with Gasteiger partial charge in [0.2, 0.25) is 0 Å². The molecule has 1 amide bonds. The predicted molar refractivity (Wildman–Crippen MR) is 135 cm³/mol. The first-order valence-electron chi connectivity index (χ1n) is 11.7. The molecular formula is C29H30N4O. The zero-order valence-corrected chi connectivity index (χ0v) is 19.5. The maximum Gasteiger partial charge on any atom is 0.266 e. The fraction of sp³-hybridized carbons (Fsp3) is 0.241. The highest BCUT2D eigenvalue weighted by Gasteiger charge is 2.29. The first-order chi connectivity index (χ1) is 16.7. The van der Waals surface area contributed by atoms with Crippen molar-refractivity contribution in [2.75, 3.05) is 26.2 Å². The first kappa shape index (κ1) is 23.3. The van der Waals surface area contributed by atoms with Crippen molar-refractivity contribution >= 4 is 5.91 Å². The van der Waals surface area contributed by atoms with Crippen LogP contribution in [0.5, 0.6) is 0 Å². The van der Waals surface area contributed by atoms with E-state index in [1.165, 1.54) is 16.7 Å². The highest BCUT2D eigenvalue weighted by molar-refractivity contribution is 5.97. The molecule has 0 unspecified atom stereocenters. The van der Waals surface area contributed by atoms with E-state index < -0.39 is 0 Å². The number of hydrogen-bond acceptors (Lipinski definition) is 4. The van der Waals surface area contributed by atoms with Crippen LogP contribution in [0, 0.1) is 18.3 Å². The molecule has 3 aromatic rings. The number of carbonyl (C=O) groups is 1. The number of hydrogen-bond donors (Lipinski definition) is 1. The summed E-state index contributed by atoms with van der Waals surface area (Å²) in [6.45, 7) is 5.29. The van der Waals surface area contributed by atoms with E-state index in [2.05, 4.69) is 70.9 Å². The third-order valence-corrected chi connectivity index (χ3v) is 6.18. The second-order valence-corrected chi connectivity index (χ2v) is 8.59. The fourth-order valence-electron chi connectivity index (χ4n) is 4.47. The lowest BCUT2D eigenvalue weighted by Gasteiger charge is -2.39. The Morgan fingerprint density at radius 3 is 2.12 bits per heavy atom. The largest absolute Gasteiger partial charge is 0.386 e. The molecule has 5 nitrogen and oxygen atoms in total. The molecule has 0 radical (unpaired) electrons. The van der Waals surface area contributed by atoms with E-state index >= 15 is 0 Å². The van der Waals surface area contributed by atoms with Gasteiger partial charge >= 0.3 is 0 Å². The summed E-state index contributed by atoms with van der Waals surface area (Å²) < 4.78 is 0. The molecule has 0 aromatic heterocycles. The number of rotatable bonds is 7. The van der Waals surface area contributed by atoms with E-state index in [-0.39, 0.29) is 17.5 Å². The van der Waals surface area contributed by atoms with Crippen LogP contribution in [-0.2, 0) is 11.3 Å². The van der Waals surface area contributed by atoms with Crippen molar-refractivity contribution in [3.63, 3.8) is 0 Å². The zero-order chi connectivity index (χ0) is 23.8. The highest BCUT2D eigenvalue weighted by atomic mass is 16.2. The third kappa shape index (κ3) is 5.72. The summed E-state index contributed by atoms with van der Waals surface area (Å²) in [6, 6.07) is 31.3. The van der Waals surface area contributed by atoms with Crippen molar-refractivity contribution in [2.45, 2.75) is 19.5 Å². The Labute approximate surface area is 201 Å². The lowest BCUT2D eigenvalue weighted by Crippen LogP contribution is -2.50. The molecule has 0 spiro atoms. The van der Waals surface area contributed by atoms with Crippen molar-refractivity contribution in [2.24, 2.45) is 0 Å². The molecule has 1 aliphatic rings. The lowest BCUT2D eigenvalue weighted by atomic mass is 9.96. The molecule has 0 bridgehead atoms. The minimum atomic E-state index is -0.213. The van der Waals surface area contributed by atoms with Gasteiger partial charge in [-0.3, -0.25) is 9.69 Å². The Bertz CT molecular complexity index is 1120. The van der Waals surface area contributed by atoms with Crippen LogP contribution < -0.4 is 5.32 Å². The average molecular weight is 451 g/mol. The zero-order valence-electron chi connectivity index (χ0n) is 19.5. The quantitative estimate of drug-likeness (QED) is 0.427. The molecule has 0 saturated carbocycles. The third-order valence-electron chi connectivity index (χ3n) is 6.18. The standard InChI is InChI=1S/C29H30N4O/c1-23-9-8-10-24(19-23)21-31-22-27(20-30)29(34)33-17-15-32(16-18-33)28(25-11-4-2-5-12-25)26-13-6-3-7-14-26/h2-14,19,22,28,31H,15-18,21H2,1H3/b27-22-. The number of benzene rings is 3. The van der Waals surface area contributed by atoms with Crippen molar-refractivity contribution in [1.29, 1.82) is 5.26 Å². The van der Waals surface area contributed by atoms with E-state index in [0.717, 1.165) is 18.7 Å². The number of nitrogens with zero attached hydrogens (tertiary/aromatic N) is 3. The molecule has 1 aliphatic heterocycles. The number of aryl methyl sites for hydroxylation is 1. The molecular weight excluding hydrogens is 420 g/mol. The Morgan fingerprint density at radius 2 is 1.56 bits per heavy atom. The maximum absolute atomic E-state index is 13.0. The van der Waals surface area contributed by atoms with Gasteiger partial charge in [0.1, 0.15) is 11.6 Å². The smallest absolute Gasteiger partial charge is 0.266 e. The second-order valence-electron chi connectivity index (χ2n) is 8.59. The van der Waals surface area contributed by atoms with Crippen molar-refractivity contribution in [3.05, 3.63) is 119 Å². The van der Waals surface area contributed by atoms with Crippen LogP contribution in [-0.4, -0.2) is 41.9 Å². The summed E-state index contributed by atoms with van der Waals surface area (Å²) in [5.74, 6) is -0.213. The molecule has 1 N–H and O–H groups in total. The summed E-state index contributed by atoms with van der Waals surface area (Å²) in [7, 11) is 0. The van der Waals surface area contributed by atoms with Gasteiger partial charge in [-0.25, -0.2) is 0 Å². The maximum atomic E-state index is 13.0. The van der Waals surface area contributed by atoms with E-state index in [4.69, 9.17) is 0 Å². The van der Waals surface area contributed by atoms with Gasteiger partial charge in [0, 0.05) is 38.9 Å². The van der Waals surface area contributed by atoms with Crippen LogP contribution >= 0.6 is 0 Å². The molecule has 1 fully saturated rings. The van der Waals surface area contributed by atoms with Crippen molar-refractivity contribution < 1.29 is 4.79 Å². The highest BCUT2D eigenvalue weighted by Crippen LogP contribution is 2.29. The number of amides is 1. The molecule has 3 aromatic carbocycles. The average Bonchev–Trinajstić information content (AvgIpc) is 2.88. The monoisotopic (exact) mass is 450 g/mol. The van der Waals surface area contributed by atoms with E-state index in [0.29, 0.717) is 19.6 Å². The van der Waals surface area contributed by atoms with Gasteiger partial charge in [-0.15, -0.1) is 0 Å².